The van der Waals surface area contributed by atoms with Gasteiger partial charge < -0.3 is 5.11 Å². The Morgan fingerprint density at radius 3 is 1.95 bits per heavy atom. The van der Waals surface area contributed by atoms with Crippen molar-refractivity contribution >= 4 is 11.8 Å². The zero-order chi connectivity index (χ0) is 14.0. The molecule has 0 fully saturated rings. The lowest BCUT2D eigenvalue weighted by Crippen LogP contribution is -2.11. The van der Waals surface area contributed by atoms with Crippen molar-refractivity contribution in [3.05, 3.63) is 70.8 Å². The molecule has 1 N–H and O–H groups in total. The second kappa shape index (κ2) is 4.97. The standard InChI is InChI=1S/C14H8F2O3/c15-11-6-9(10(14(18)19)7-12(11)16)13(17)8-4-2-1-3-5-8/h1-7H,(H,18,19). The number of halogens is 2. The van der Waals surface area contributed by atoms with Gasteiger partial charge in [-0.25, -0.2) is 13.6 Å². The molecule has 2 rings (SSSR count). The SMILES string of the molecule is O=C(O)c1cc(F)c(F)cc1C(=O)c1ccccc1. The van der Waals surface area contributed by atoms with Crippen molar-refractivity contribution in [3.8, 4) is 0 Å². The van der Waals surface area contributed by atoms with Gasteiger partial charge in [0.1, 0.15) is 0 Å². The Labute approximate surface area is 107 Å². The van der Waals surface area contributed by atoms with Crippen molar-refractivity contribution in [2.45, 2.75) is 0 Å². The van der Waals surface area contributed by atoms with Gasteiger partial charge in [-0.2, -0.15) is 0 Å². The fourth-order valence-electron chi connectivity index (χ4n) is 1.66. The van der Waals surface area contributed by atoms with Gasteiger partial charge in [0.05, 0.1) is 5.56 Å². The molecule has 0 unspecified atom stereocenters. The molecule has 0 aliphatic rings. The van der Waals surface area contributed by atoms with Crippen molar-refractivity contribution < 1.29 is 23.5 Å². The van der Waals surface area contributed by atoms with Crippen LogP contribution in [0.1, 0.15) is 26.3 Å². The molecule has 96 valence electrons. The zero-order valence-electron chi connectivity index (χ0n) is 9.56. The van der Waals surface area contributed by atoms with Crippen molar-refractivity contribution in [2.75, 3.05) is 0 Å². The number of carboxylic acids is 1. The summed E-state index contributed by atoms with van der Waals surface area (Å²) in [4.78, 5) is 23.1. The van der Waals surface area contributed by atoms with Gasteiger partial charge in [0.15, 0.2) is 17.4 Å². The van der Waals surface area contributed by atoms with Gasteiger partial charge in [0, 0.05) is 11.1 Å². The van der Waals surface area contributed by atoms with Crippen LogP contribution in [-0.4, -0.2) is 16.9 Å². The molecule has 0 atom stereocenters. The number of aromatic carboxylic acids is 1. The fraction of sp³-hybridized carbons (Fsp3) is 0. The molecule has 0 saturated carbocycles. The molecule has 3 nitrogen and oxygen atoms in total. The number of ketones is 1. The summed E-state index contributed by atoms with van der Waals surface area (Å²) in [7, 11) is 0. The summed E-state index contributed by atoms with van der Waals surface area (Å²) in [6.45, 7) is 0. The van der Waals surface area contributed by atoms with E-state index >= 15 is 0 Å². The minimum atomic E-state index is -1.49. The molecule has 0 radical (unpaired) electrons. The summed E-state index contributed by atoms with van der Waals surface area (Å²) in [5, 5.41) is 8.94. The monoisotopic (exact) mass is 262 g/mol. The molecule has 2 aromatic rings. The number of carbonyl (C=O) groups excluding carboxylic acids is 1. The molecule has 0 heterocycles. The Balaban J connectivity index is 2.59. The third-order valence-electron chi connectivity index (χ3n) is 2.57. The van der Waals surface area contributed by atoms with Crippen LogP contribution in [0.3, 0.4) is 0 Å². The maximum atomic E-state index is 13.2. The van der Waals surface area contributed by atoms with E-state index in [1.807, 2.05) is 0 Å². The van der Waals surface area contributed by atoms with Gasteiger partial charge in [-0.1, -0.05) is 30.3 Å². The van der Waals surface area contributed by atoms with E-state index in [1.54, 1.807) is 18.2 Å². The van der Waals surface area contributed by atoms with E-state index in [1.165, 1.54) is 12.1 Å². The Morgan fingerprint density at radius 1 is 0.895 bits per heavy atom. The van der Waals surface area contributed by atoms with Gasteiger partial charge >= 0.3 is 5.97 Å². The summed E-state index contributed by atoms with van der Waals surface area (Å²) in [5.41, 5.74) is -0.735. The highest BCUT2D eigenvalue weighted by molar-refractivity contribution is 6.14. The van der Waals surface area contributed by atoms with Crippen molar-refractivity contribution in [1.29, 1.82) is 0 Å². The highest BCUT2D eigenvalue weighted by Gasteiger charge is 2.21. The number of hydrogen-bond donors (Lipinski definition) is 1. The average Bonchev–Trinajstić information content (AvgIpc) is 2.41. The molecule has 0 aliphatic heterocycles. The van der Waals surface area contributed by atoms with Crippen LogP contribution in [0.2, 0.25) is 0 Å². The molecule has 0 spiro atoms. The molecule has 0 aromatic heterocycles. The van der Waals surface area contributed by atoms with Crippen LogP contribution >= 0.6 is 0 Å². The van der Waals surface area contributed by atoms with Crippen molar-refractivity contribution in [3.63, 3.8) is 0 Å². The van der Waals surface area contributed by atoms with Crippen LogP contribution in [0.5, 0.6) is 0 Å². The number of rotatable bonds is 3. The Morgan fingerprint density at radius 2 is 1.42 bits per heavy atom. The minimum Gasteiger partial charge on any atom is -0.478 e. The molecule has 2 aromatic carbocycles. The lowest BCUT2D eigenvalue weighted by atomic mass is 9.98. The van der Waals surface area contributed by atoms with E-state index in [2.05, 4.69) is 0 Å². The number of carboxylic acid groups (broad SMARTS) is 1. The largest absolute Gasteiger partial charge is 0.478 e. The number of carbonyl (C=O) groups is 2. The van der Waals surface area contributed by atoms with Crippen molar-refractivity contribution in [2.24, 2.45) is 0 Å². The van der Waals surface area contributed by atoms with Gasteiger partial charge in [-0.3, -0.25) is 4.79 Å². The Kier molecular flexibility index (Phi) is 3.37. The quantitative estimate of drug-likeness (QED) is 0.865. The first-order valence-corrected chi connectivity index (χ1v) is 5.33. The van der Waals surface area contributed by atoms with Gasteiger partial charge in [-0.15, -0.1) is 0 Å². The Hall–Kier alpha value is -2.56. The second-order valence-corrected chi connectivity index (χ2v) is 3.81. The lowest BCUT2D eigenvalue weighted by molar-refractivity contribution is 0.0692. The maximum Gasteiger partial charge on any atom is 0.336 e. The molecule has 0 saturated heterocycles. The number of hydrogen-bond acceptors (Lipinski definition) is 2. The molecule has 0 bridgehead atoms. The predicted molar refractivity (Wildman–Crippen MR) is 63.2 cm³/mol. The van der Waals surface area contributed by atoms with E-state index in [-0.39, 0.29) is 11.1 Å². The zero-order valence-corrected chi connectivity index (χ0v) is 9.56. The third kappa shape index (κ3) is 2.49. The summed E-state index contributed by atoms with van der Waals surface area (Å²) in [6.07, 6.45) is 0. The average molecular weight is 262 g/mol. The molecular formula is C14H8F2O3. The van der Waals surface area contributed by atoms with Gasteiger partial charge in [0.2, 0.25) is 0 Å². The van der Waals surface area contributed by atoms with Crippen LogP contribution in [0.4, 0.5) is 8.78 Å². The minimum absolute atomic E-state index is 0.205. The second-order valence-electron chi connectivity index (χ2n) is 3.81. The molecule has 5 heteroatoms. The number of benzene rings is 2. The van der Waals surface area contributed by atoms with Crippen LogP contribution in [-0.2, 0) is 0 Å². The van der Waals surface area contributed by atoms with Gasteiger partial charge in [0.25, 0.3) is 0 Å². The van der Waals surface area contributed by atoms with Crippen LogP contribution < -0.4 is 0 Å². The molecule has 0 aliphatic carbocycles. The predicted octanol–water partition coefficient (Wildman–Crippen LogP) is 2.89. The van der Waals surface area contributed by atoms with Crippen LogP contribution in [0.25, 0.3) is 0 Å². The fourth-order valence-corrected chi connectivity index (χ4v) is 1.66. The molecule has 0 amide bonds. The van der Waals surface area contributed by atoms with Gasteiger partial charge in [-0.05, 0) is 12.1 Å². The summed E-state index contributed by atoms with van der Waals surface area (Å²) < 4.78 is 26.2. The van der Waals surface area contributed by atoms with E-state index in [0.717, 1.165) is 0 Å². The molecular weight excluding hydrogens is 254 g/mol. The smallest absolute Gasteiger partial charge is 0.336 e. The highest BCUT2D eigenvalue weighted by Crippen LogP contribution is 2.19. The van der Waals surface area contributed by atoms with Crippen LogP contribution in [0, 0.1) is 11.6 Å². The normalized spacial score (nSPS) is 10.2. The van der Waals surface area contributed by atoms with E-state index in [0.29, 0.717) is 12.1 Å². The van der Waals surface area contributed by atoms with E-state index < -0.39 is 29.0 Å². The maximum absolute atomic E-state index is 13.2. The first-order chi connectivity index (χ1) is 9.00. The first kappa shape index (κ1) is 12.9. The van der Waals surface area contributed by atoms with Crippen molar-refractivity contribution in [1.82, 2.24) is 0 Å². The topological polar surface area (TPSA) is 54.4 Å². The van der Waals surface area contributed by atoms with E-state index in [9.17, 15) is 18.4 Å². The van der Waals surface area contributed by atoms with E-state index in [4.69, 9.17) is 5.11 Å². The Bertz CT molecular complexity index is 651. The third-order valence-corrected chi connectivity index (χ3v) is 2.57. The molecule has 19 heavy (non-hydrogen) atoms. The van der Waals surface area contributed by atoms with Crippen LogP contribution in [0.15, 0.2) is 42.5 Å². The lowest BCUT2D eigenvalue weighted by Gasteiger charge is -2.06. The summed E-state index contributed by atoms with van der Waals surface area (Å²) >= 11 is 0. The summed E-state index contributed by atoms with van der Waals surface area (Å²) in [5.74, 6) is -4.72. The first-order valence-electron chi connectivity index (χ1n) is 5.33. The summed E-state index contributed by atoms with van der Waals surface area (Å²) in [6, 6.07) is 8.91. The highest BCUT2D eigenvalue weighted by atomic mass is 19.2.